The third-order valence-corrected chi connectivity index (χ3v) is 3.97. The molecule has 0 saturated carbocycles. The molecule has 144 valence electrons. The third kappa shape index (κ3) is 4.17. The lowest BCUT2D eigenvalue weighted by Gasteiger charge is -2.14. The lowest BCUT2D eigenvalue weighted by atomic mass is 10.1. The fourth-order valence-corrected chi connectivity index (χ4v) is 2.66. The van der Waals surface area contributed by atoms with Gasteiger partial charge < -0.3 is 5.32 Å². The Balaban J connectivity index is 2.63. The Morgan fingerprint density at radius 3 is 2.08 bits per heavy atom. The van der Waals surface area contributed by atoms with Crippen molar-refractivity contribution in [3.63, 3.8) is 0 Å². The first-order valence-corrected chi connectivity index (χ1v) is 7.96. The van der Waals surface area contributed by atoms with E-state index in [-0.39, 0.29) is 18.2 Å². The molecule has 1 aromatic heterocycles. The van der Waals surface area contributed by atoms with Gasteiger partial charge in [0.25, 0.3) is 0 Å². The molecule has 26 heavy (non-hydrogen) atoms. The van der Waals surface area contributed by atoms with Gasteiger partial charge in [0, 0.05) is 6.54 Å². The molecule has 0 bridgehead atoms. The summed E-state index contributed by atoms with van der Waals surface area (Å²) in [4.78, 5) is 3.78. The standard InChI is InChI=1S/C14H12Cl2F6N4/c1-3-23-12-24-11(6(2)13(17,18)19)25-26(12)10-8(15)4-7(5-9(10)16)14(20,21)22/h4-6H,3H2,1-2H3,(H,23,24,25). The van der Waals surface area contributed by atoms with Gasteiger partial charge in [-0.1, -0.05) is 23.2 Å². The molecule has 1 heterocycles. The monoisotopic (exact) mass is 420 g/mol. The first kappa shape index (κ1) is 20.6. The van der Waals surface area contributed by atoms with E-state index in [4.69, 9.17) is 23.2 Å². The maximum Gasteiger partial charge on any atom is 0.416 e. The van der Waals surface area contributed by atoms with Crippen LogP contribution in [0.1, 0.15) is 31.2 Å². The Kier molecular flexibility index (Phi) is 5.67. The summed E-state index contributed by atoms with van der Waals surface area (Å²) in [5.41, 5.74) is -1.30. The van der Waals surface area contributed by atoms with Crippen LogP contribution >= 0.6 is 23.2 Å². The van der Waals surface area contributed by atoms with Crippen molar-refractivity contribution in [1.82, 2.24) is 14.8 Å². The van der Waals surface area contributed by atoms with Crippen LogP contribution in [0.4, 0.5) is 32.3 Å². The van der Waals surface area contributed by atoms with Crippen LogP contribution in [0.2, 0.25) is 10.0 Å². The van der Waals surface area contributed by atoms with Crippen LogP contribution in [0, 0.1) is 0 Å². The Hall–Kier alpha value is -1.68. The number of aromatic nitrogens is 3. The highest BCUT2D eigenvalue weighted by molar-refractivity contribution is 6.37. The minimum Gasteiger partial charge on any atom is -0.354 e. The molecule has 0 fully saturated rings. The van der Waals surface area contributed by atoms with E-state index < -0.39 is 39.7 Å². The van der Waals surface area contributed by atoms with Crippen LogP contribution in [-0.4, -0.2) is 27.5 Å². The van der Waals surface area contributed by atoms with Gasteiger partial charge in [-0.25, -0.2) is 0 Å². The molecule has 0 amide bonds. The predicted octanol–water partition coefficient (Wildman–Crippen LogP) is 5.69. The van der Waals surface area contributed by atoms with Crippen molar-refractivity contribution in [3.05, 3.63) is 33.6 Å². The van der Waals surface area contributed by atoms with Gasteiger partial charge in [-0.15, -0.1) is 5.10 Å². The number of hydrogen-bond donors (Lipinski definition) is 1. The average Bonchev–Trinajstić information content (AvgIpc) is 2.88. The molecular formula is C14H12Cl2F6N4. The fraction of sp³-hybridized carbons (Fsp3) is 0.429. The topological polar surface area (TPSA) is 42.7 Å². The lowest BCUT2D eigenvalue weighted by Crippen LogP contribution is -2.19. The second-order valence-corrected chi connectivity index (χ2v) is 6.10. The van der Waals surface area contributed by atoms with E-state index in [9.17, 15) is 26.3 Å². The van der Waals surface area contributed by atoms with Crippen LogP contribution in [0.15, 0.2) is 12.1 Å². The summed E-state index contributed by atoms with van der Waals surface area (Å²) in [6, 6.07) is 1.24. The Morgan fingerprint density at radius 1 is 1.12 bits per heavy atom. The van der Waals surface area contributed by atoms with Gasteiger partial charge in [-0.2, -0.15) is 36.0 Å². The minimum atomic E-state index is -4.69. The number of nitrogens with one attached hydrogen (secondary N) is 1. The molecular weight excluding hydrogens is 409 g/mol. The van der Waals surface area contributed by atoms with Crippen molar-refractivity contribution in [3.8, 4) is 5.69 Å². The average molecular weight is 421 g/mol. The highest BCUT2D eigenvalue weighted by Gasteiger charge is 2.40. The smallest absolute Gasteiger partial charge is 0.354 e. The van der Waals surface area contributed by atoms with E-state index in [0.29, 0.717) is 12.1 Å². The van der Waals surface area contributed by atoms with Gasteiger partial charge in [0.2, 0.25) is 5.95 Å². The highest BCUT2D eigenvalue weighted by atomic mass is 35.5. The van der Waals surface area contributed by atoms with Crippen LogP contribution in [0.3, 0.4) is 0 Å². The van der Waals surface area contributed by atoms with Crippen LogP contribution in [0.25, 0.3) is 5.69 Å². The normalized spacial score (nSPS) is 13.8. The van der Waals surface area contributed by atoms with E-state index in [1.165, 1.54) is 0 Å². The summed E-state index contributed by atoms with van der Waals surface area (Å²) in [6.07, 6.45) is -9.28. The van der Waals surface area contributed by atoms with Crippen molar-refractivity contribution in [2.75, 3.05) is 11.9 Å². The fourth-order valence-electron chi connectivity index (χ4n) is 2.02. The summed E-state index contributed by atoms with van der Waals surface area (Å²) < 4.78 is 78.1. The maximum atomic E-state index is 12.9. The first-order valence-electron chi connectivity index (χ1n) is 7.20. The lowest BCUT2D eigenvalue weighted by molar-refractivity contribution is -0.147. The zero-order valence-electron chi connectivity index (χ0n) is 13.3. The predicted molar refractivity (Wildman–Crippen MR) is 85.0 cm³/mol. The second kappa shape index (κ2) is 7.15. The molecule has 1 N–H and O–H groups in total. The van der Waals surface area contributed by atoms with Crippen LogP contribution < -0.4 is 5.32 Å². The molecule has 12 heteroatoms. The first-order chi connectivity index (χ1) is 11.9. The van der Waals surface area contributed by atoms with Gasteiger partial charge in [-0.05, 0) is 26.0 Å². The molecule has 0 spiro atoms. The number of halogens is 8. The quantitative estimate of drug-likeness (QED) is 0.646. The molecule has 0 aliphatic rings. The number of hydrogen-bond acceptors (Lipinski definition) is 3. The summed E-state index contributed by atoms with van der Waals surface area (Å²) in [5.74, 6) is -2.68. The van der Waals surface area contributed by atoms with Crippen molar-refractivity contribution < 1.29 is 26.3 Å². The molecule has 0 aliphatic heterocycles. The highest BCUT2D eigenvalue weighted by Crippen LogP contribution is 2.39. The van der Waals surface area contributed by atoms with Crippen molar-refractivity contribution in [1.29, 1.82) is 0 Å². The Bertz CT molecular complexity index is 777. The van der Waals surface area contributed by atoms with Gasteiger partial charge in [0.1, 0.15) is 11.6 Å². The molecule has 2 rings (SSSR count). The van der Waals surface area contributed by atoms with Crippen molar-refractivity contribution in [2.45, 2.75) is 32.1 Å². The van der Waals surface area contributed by atoms with Crippen LogP contribution in [0.5, 0.6) is 0 Å². The van der Waals surface area contributed by atoms with E-state index in [1.54, 1.807) is 6.92 Å². The molecule has 1 atom stereocenters. The van der Waals surface area contributed by atoms with Gasteiger partial charge in [0.05, 0.1) is 15.6 Å². The van der Waals surface area contributed by atoms with Crippen LogP contribution in [-0.2, 0) is 6.18 Å². The maximum absolute atomic E-state index is 12.9. The summed E-state index contributed by atoms with van der Waals surface area (Å²) in [6.45, 7) is 2.79. The zero-order valence-corrected chi connectivity index (χ0v) is 14.8. The molecule has 2 aromatic rings. The molecule has 0 aliphatic carbocycles. The minimum absolute atomic E-state index is 0.123. The number of benzene rings is 1. The summed E-state index contributed by atoms with van der Waals surface area (Å²) >= 11 is 11.8. The third-order valence-electron chi connectivity index (χ3n) is 3.39. The van der Waals surface area contributed by atoms with E-state index in [1.807, 2.05) is 0 Å². The number of alkyl halides is 6. The van der Waals surface area contributed by atoms with Crippen molar-refractivity contribution >= 4 is 29.2 Å². The van der Waals surface area contributed by atoms with E-state index in [0.717, 1.165) is 11.6 Å². The van der Waals surface area contributed by atoms with E-state index >= 15 is 0 Å². The number of anilines is 1. The SMILES string of the molecule is CCNc1nc(C(C)C(F)(F)F)nn1-c1c(Cl)cc(C(F)(F)F)cc1Cl. The number of rotatable bonds is 4. The Morgan fingerprint density at radius 2 is 1.65 bits per heavy atom. The molecule has 4 nitrogen and oxygen atoms in total. The van der Waals surface area contributed by atoms with Gasteiger partial charge >= 0.3 is 12.4 Å². The van der Waals surface area contributed by atoms with E-state index in [2.05, 4.69) is 15.4 Å². The molecule has 0 radical (unpaired) electrons. The van der Waals surface area contributed by atoms with Gasteiger partial charge in [-0.3, -0.25) is 0 Å². The zero-order chi connectivity index (χ0) is 19.9. The van der Waals surface area contributed by atoms with Gasteiger partial charge in [0.15, 0.2) is 5.82 Å². The Labute approximate surface area is 154 Å². The summed E-state index contributed by atoms with van der Waals surface area (Å²) in [5, 5.41) is 5.57. The summed E-state index contributed by atoms with van der Waals surface area (Å²) in [7, 11) is 0. The molecule has 0 saturated heterocycles. The number of nitrogens with zero attached hydrogens (tertiary/aromatic N) is 3. The largest absolute Gasteiger partial charge is 0.416 e. The second-order valence-electron chi connectivity index (χ2n) is 5.29. The molecule has 1 unspecified atom stereocenters. The molecule has 1 aromatic carbocycles. The van der Waals surface area contributed by atoms with Crippen molar-refractivity contribution in [2.24, 2.45) is 0 Å².